The summed E-state index contributed by atoms with van der Waals surface area (Å²) in [5.41, 5.74) is 0.985. The quantitative estimate of drug-likeness (QED) is 0.609. The Kier molecular flexibility index (Phi) is 8.02. The molecule has 1 aliphatic rings. The molecule has 31 heavy (non-hydrogen) atoms. The van der Waals surface area contributed by atoms with E-state index in [4.69, 9.17) is 4.42 Å². The average molecular weight is 432 g/mol. The summed E-state index contributed by atoms with van der Waals surface area (Å²) in [6.07, 6.45) is 1.60. The van der Waals surface area contributed by atoms with Crippen LogP contribution in [-0.2, 0) is 9.59 Å². The van der Waals surface area contributed by atoms with Crippen LogP contribution in [0.4, 0.5) is 10.1 Å². The third-order valence-corrected chi connectivity index (χ3v) is 5.33. The molecule has 1 aliphatic heterocycles. The molecule has 168 valence electrons. The molecule has 3 rings (SSSR count). The number of benzene rings is 1. The number of carbonyl (C=O) groups is 2. The Balaban J connectivity index is 1.55. The fourth-order valence-electron chi connectivity index (χ4n) is 3.58. The zero-order valence-corrected chi connectivity index (χ0v) is 18.0. The zero-order chi connectivity index (χ0) is 22.2. The van der Waals surface area contributed by atoms with Gasteiger partial charge in [0.2, 0.25) is 0 Å². The van der Waals surface area contributed by atoms with Crippen LogP contribution in [-0.4, -0.2) is 81.5 Å². The van der Waals surface area contributed by atoms with Crippen LogP contribution >= 0.6 is 0 Å². The van der Waals surface area contributed by atoms with Gasteiger partial charge in [-0.15, -0.1) is 0 Å². The molecule has 2 amide bonds. The van der Waals surface area contributed by atoms with Gasteiger partial charge in [0.25, 0.3) is 0 Å². The molecule has 2 N–H and O–H groups in total. The smallest absolute Gasteiger partial charge is 0.309 e. The molecule has 1 aromatic carbocycles. The standard InChI is InChI=1S/C22H30FN5O3/c1-26(2)10-9-24-21(29)22(30)25-16-19(20-4-3-15-31-20)28-13-11-27(12-14-28)18-7-5-17(23)6-8-18/h3-8,15,19H,9-14,16H2,1-2H3,(H,24,29)(H,25,30)/t19-/m0/s1. The molecule has 1 atom stereocenters. The van der Waals surface area contributed by atoms with Crippen LogP contribution in [0, 0.1) is 5.82 Å². The predicted molar refractivity (Wildman–Crippen MR) is 116 cm³/mol. The Morgan fingerprint density at radius 2 is 1.74 bits per heavy atom. The van der Waals surface area contributed by atoms with Crippen molar-refractivity contribution in [1.82, 2.24) is 20.4 Å². The van der Waals surface area contributed by atoms with Gasteiger partial charge in [-0.2, -0.15) is 0 Å². The SMILES string of the molecule is CN(C)CCNC(=O)C(=O)NC[C@@H](c1ccco1)N1CCN(c2ccc(F)cc2)CC1. The van der Waals surface area contributed by atoms with Crippen molar-refractivity contribution >= 4 is 17.5 Å². The van der Waals surface area contributed by atoms with Crippen molar-refractivity contribution in [2.45, 2.75) is 6.04 Å². The first-order valence-electron chi connectivity index (χ1n) is 10.4. The van der Waals surface area contributed by atoms with Gasteiger partial charge in [-0.3, -0.25) is 14.5 Å². The van der Waals surface area contributed by atoms with Crippen LogP contribution < -0.4 is 15.5 Å². The molecule has 0 unspecified atom stereocenters. The molecular weight excluding hydrogens is 401 g/mol. The van der Waals surface area contributed by atoms with E-state index in [-0.39, 0.29) is 18.4 Å². The molecule has 8 nitrogen and oxygen atoms in total. The van der Waals surface area contributed by atoms with Gasteiger partial charge < -0.3 is 24.9 Å². The molecule has 1 fully saturated rings. The number of rotatable bonds is 8. The highest BCUT2D eigenvalue weighted by atomic mass is 19.1. The number of piperazine rings is 1. The minimum absolute atomic E-state index is 0.177. The van der Waals surface area contributed by atoms with Gasteiger partial charge in [-0.25, -0.2) is 4.39 Å². The zero-order valence-electron chi connectivity index (χ0n) is 18.0. The molecule has 2 aromatic rings. The van der Waals surface area contributed by atoms with Crippen LogP contribution in [0.1, 0.15) is 11.8 Å². The molecule has 0 radical (unpaired) electrons. The molecule has 0 aliphatic carbocycles. The van der Waals surface area contributed by atoms with Crippen LogP contribution in [0.5, 0.6) is 0 Å². The van der Waals surface area contributed by atoms with E-state index in [9.17, 15) is 14.0 Å². The van der Waals surface area contributed by atoms with Crippen LogP contribution in [0.15, 0.2) is 47.1 Å². The Bertz CT molecular complexity index is 833. The lowest BCUT2D eigenvalue weighted by Gasteiger charge is -2.39. The van der Waals surface area contributed by atoms with Crippen LogP contribution in [0.25, 0.3) is 0 Å². The van der Waals surface area contributed by atoms with E-state index in [1.54, 1.807) is 18.4 Å². The second-order valence-corrected chi connectivity index (χ2v) is 7.80. The summed E-state index contributed by atoms with van der Waals surface area (Å²) in [5.74, 6) is -0.799. The summed E-state index contributed by atoms with van der Waals surface area (Å²) in [6.45, 7) is 4.35. The number of halogens is 1. The van der Waals surface area contributed by atoms with Crippen molar-refractivity contribution in [3.05, 3.63) is 54.2 Å². The highest BCUT2D eigenvalue weighted by Crippen LogP contribution is 2.24. The molecule has 2 heterocycles. The molecule has 9 heteroatoms. The Labute approximate surface area is 182 Å². The van der Waals surface area contributed by atoms with Gasteiger partial charge in [-0.05, 0) is 50.5 Å². The molecule has 0 bridgehead atoms. The Morgan fingerprint density at radius 1 is 1.06 bits per heavy atom. The number of nitrogens with zero attached hydrogens (tertiary/aromatic N) is 3. The van der Waals surface area contributed by atoms with E-state index in [0.29, 0.717) is 13.1 Å². The number of hydrogen-bond donors (Lipinski definition) is 2. The molecular formula is C22H30FN5O3. The van der Waals surface area contributed by atoms with Crippen molar-refractivity contribution in [2.24, 2.45) is 0 Å². The molecule has 1 saturated heterocycles. The number of likely N-dealkylation sites (N-methyl/N-ethyl adjacent to an activating group) is 1. The summed E-state index contributed by atoms with van der Waals surface area (Å²) < 4.78 is 18.8. The minimum atomic E-state index is -0.653. The summed E-state index contributed by atoms with van der Waals surface area (Å²) >= 11 is 0. The third-order valence-electron chi connectivity index (χ3n) is 5.33. The fraction of sp³-hybridized carbons (Fsp3) is 0.455. The summed E-state index contributed by atoms with van der Waals surface area (Å²) in [5, 5.41) is 5.35. The maximum absolute atomic E-state index is 13.2. The van der Waals surface area contributed by atoms with Gasteiger partial charge in [0, 0.05) is 51.5 Å². The second kappa shape index (κ2) is 10.9. The summed E-state index contributed by atoms with van der Waals surface area (Å²) in [4.78, 5) is 30.6. The van der Waals surface area contributed by atoms with Crippen molar-refractivity contribution < 1.29 is 18.4 Å². The van der Waals surface area contributed by atoms with Gasteiger partial charge in [0.05, 0.1) is 12.3 Å². The number of hydrogen-bond acceptors (Lipinski definition) is 6. The number of amides is 2. The first kappa shape index (κ1) is 22.8. The largest absolute Gasteiger partial charge is 0.468 e. The van der Waals surface area contributed by atoms with Crippen molar-refractivity contribution in [3.63, 3.8) is 0 Å². The van der Waals surface area contributed by atoms with E-state index in [0.717, 1.165) is 37.6 Å². The normalized spacial score (nSPS) is 15.7. The van der Waals surface area contributed by atoms with Crippen molar-refractivity contribution in [1.29, 1.82) is 0 Å². The fourth-order valence-corrected chi connectivity index (χ4v) is 3.58. The van der Waals surface area contributed by atoms with E-state index in [1.165, 1.54) is 12.1 Å². The highest BCUT2D eigenvalue weighted by molar-refractivity contribution is 6.35. The van der Waals surface area contributed by atoms with Gasteiger partial charge >= 0.3 is 11.8 Å². The van der Waals surface area contributed by atoms with Gasteiger partial charge in [0.15, 0.2) is 0 Å². The topological polar surface area (TPSA) is 81.1 Å². The third kappa shape index (κ3) is 6.53. The average Bonchev–Trinajstić information content (AvgIpc) is 3.29. The summed E-state index contributed by atoms with van der Waals surface area (Å²) in [7, 11) is 3.80. The Morgan fingerprint density at radius 3 is 2.35 bits per heavy atom. The van der Waals surface area contributed by atoms with Crippen LogP contribution in [0.3, 0.4) is 0 Å². The lowest BCUT2D eigenvalue weighted by molar-refractivity contribution is -0.139. The predicted octanol–water partition coefficient (Wildman–Crippen LogP) is 1.08. The van der Waals surface area contributed by atoms with E-state index < -0.39 is 11.8 Å². The maximum Gasteiger partial charge on any atom is 0.309 e. The summed E-state index contributed by atoms with van der Waals surface area (Å²) in [6, 6.07) is 10.0. The van der Waals surface area contributed by atoms with Gasteiger partial charge in [0.1, 0.15) is 11.6 Å². The number of carbonyl (C=O) groups excluding carboxylic acids is 2. The van der Waals surface area contributed by atoms with E-state index >= 15 is 0 Å². The van der Waals surface area contributed by atoms with Crippen molar-refractivity contribution in [2.75, 3.05) is 64.8 Å². The van der Waals surface area contributed by atoms with E-state index in [1.807, 2.05) is 31.1 Å². The van der Waals surface area contributed by atoms with E-state index in [2.05, 4.69) is 20.4 Å². The highest BCUT2D eigenvalue weighted by Gasteiger charge is 2.28. The van der Waals surface area contributed by atoms with Crippen molar-refractivity contribution in [3.8, 4) is 0 Å². The molecule has 0 spiro atoms. The number of anilines is 1. The molecule has 1 aromatic heterocycles. The number of nitrogens with one attached hydrogen (secondary N) is 2. The minimum Gasteiger partial charge on any atom is -0.468 e. The maximum atomic E-state index is 13.2. The lowest BCUT2D eigenvalue weighted by Crippen LogP contribution is -2.51. The first-order chi connectivity index (χ1) is 14.9. The lowest BCUT2D eigenvalue weighted by atomic mass is 10.1. The monoisotopic (exact) mass is 431 g/mol. The number of furan rings is 1. The molecule has 0 saturated carbocycles. The first-order valence-corrected chi connectivity index (χ1v) is 10.4. The van der Waals surface area contributed by atoms with Crippen LogP contribution in [0.2, 0.25) is 0 Å². The second-order valence-electron chi connectivity index (χ2n) is 7.80. The Hall–Kier alpha value is -2.91. The van der Waals surface area contributed by atoms with Gasteiger partial charge in [-0.1, -0.05) is 0 Å².